The van der Waals surface area contributed by atoms with Gasteiger partial charge in [-0.25, -0.2) is 13.8 Å². The lowest BCUT2D eigenvalue weighted by atomic mass is 10.1. The Balaban J connectivity index is 1.45. The van der Waals surface area contributed by atoms with E-state index >= 15 is 4.39 Å². The summed E-state index contributed by atoms with van der Waals surface area (Å²) in [4.78, 5) is 35.3. The molecule has 0 bridgehead atoms. The van der Waals surface area contributed by atoms with Crippen molar-refractivity contribution in [2.45, 2.75) is 13.8 Å². The van der Waals surface area contributed by atoms with E-state index in [9.17, 15) is 14.0 Å². The molecule has 0 saturated carbocycles. The van der Waals surface area contributed by atoms with Crippen molar-refractivity contribution in [3.63, 3.8) is 0 Å². The largest absolute Gasteiger partial charge is 0.491 e. The van der Waals surface area contributed by atoms with Gasteiger partial charge in [0.15, 0.2) is 23.1 Å². The minimum atomic E-state index is -0.797. The van der Waals surface area contributed by atoms with Crippen LogP contribution in [0.3, 0.4) is 0 Å². The molecule has 5 aromatic rings. The Morgan fingerprint density at radius 3 is 2.36 bits per heavy atom. The third-order valence-corrected chi connectivity index (χ3v) is 7.07. The molecule has 2 aromatic carbocycles. The Kier molecular flexibility index (Phi) is 7.77. The lowest BCUT2D eigenvalue weighted by molar-refractivity contribution is 0.102. The molecule has 0 aliphatic rings. The van der Waals surface area contributed by atoms with E-state index in [1.54, 1.807) is 13.0 Å². The van der Waals surface area contributed by atoms with Gasteiger partial charge in [-0.1, -0.05) is 11.6 Å². The average Bonchev–Trinajstić information content (AvgIpc) is 2.98. The summed E-state index contributed by atoms with van der Waals surface area (Å²) >= 11 is 6.47. The van der Waals surface area contributed by atoms with Crippen molar-refractivity contribution in [3.05, 3.63) is 105 Å². The van der Waals surface area contributed by atoms with Crippen LogP contribution in [0.4, 0.5) is 14.5 Å². The molecular formula is C30H23ClF2N4O5. The van der Waals surface area contributed by atoms with Crippen LogP contribution in [0, 0.1) is 25.5 Å². The van der Waals surface area contributed by atoms with Gasteiger partial charge in [0.25, 0.3) is 17.3 Å². The Morgan fingerprint density at radius 2 is 1.69 bits per heavy atom. The Hall–Kier alpha value is -5.03. The summed E-state index contributed by atoms with van der Waals surface area (Å²) < 4.78 is 46.2. The molecule has 0 fully saturated rings. The minimum absolute atomic E-state index is 0.0674. The molecule has 3 aromatic heterocycles. The number of nitrogens with zero attached hydrogens (tertiary/aromatic N) is 3. The van der Waals surface area contributed by atoms with Crippen LogP contribution >= 0.6 is 11.6 Å². The molecule has 9 nitrogen and oxygen atoms in total. The van der Waals surface area contributed by atoms with Crippen molar-refractivity contribution < 1.29 is 27.8 Å². The summed E-state index contributed by atoms with van der Waals surface area (Å²) in [5, 5.41) is 2.73. The standard InChI is InChI=1S/C30H23ClF2N4O5/c1-15-25(30(39)37(16(2)26(15)31)19-8-5-17(32)6-9-19)28(38)35-18-7-10-22(20(33)13-18)42-23-11-12-34-21-14-24(40-3)29(41-4)36-27(21)23/h5-14H,1-4H3,(H,35,38). The molecule has 0 spiro atoms. The molecule has 3 heterocycles. The molecule has 0 aliphatic carbocycles. The number of carbonyl (C=O) groups is 1. The third kappa shape index (κ3) is 5.21. The number of ether oxygens (including phenoxy) is 3. The van der Waals surface area contributed by atoms with Gasteiger partial charge in [-0.15, -0.1) is 0 Å². The van der Waals surface area contributed by atoms with Crippen LogP contribution in [-0.2, 0) is 0 Å². The number of pyridine rings is 3. The number of methoxy groups -OCH3 is 2. The number of hydrogen-bond acceptors (Lipinski definition) is 7. The molecular weight excluding hydrogens is 570 g/mol. The first-order chi connectivity index (χ1) is 20.1. The van der Waals surface area contributed by atoms with E-state index in [-0.39, 0.29) is 39.2 Å². The fourth-order valence-corrected chi connectivity index (χ4v) is 4.61. The van der Waals surface area contributed by atoms with Crippen LogP contribution < -0.4 is 25.1 Å². The summed E-state index contributed by atoms with van der Waals surface area (Å²) in [5.41, 5.74) is 0.874. The second-order valence-corrected chi connectivity index (χ2v) is 9.47. The predicted molar refractivity (Wildman–Crippen MR) is 154 cm³/mol. The highest BCUT2D eigenvalue weighted by Crippen LogP contribution is 2.35. The maximum absolute atomic E-state index is 15.2. The van der Waals surface area contributed by atoms with Gasteiger partial charge in [0.1, 0.15) is 16.9 Å². The first kappa shape index (κ1) is 28.5. The smallest absolute Gasteiger partial charge is 0.268 e. The van der Waals surface area contributed by atoms with Crippen molar-refractivity contribution >= 4 is 34.2 Å². The normalized spacial score (nSPS) is 10.9. The lowest BCUT2D eigenvalue weighted by Crippen LogP contribution is -2.31. The highest BCUT2D eigenvalue weighted by Gasteiger charge is 2.23. The van der Waals surface area contributed by atoms with E-state index in [0.29, 0.717) is 28.2 Å². The Labute approximate surface area is 243 Å². The molecule has 0 aliphatic heterocycles. The first-order valence-electron chi connectivity index (χ1n) is 12.5. The zero-order chi connectivity index (χ0) is 30.1. The number of carbonyl (C=O) groups excluding carboxylic acids is 1. The van der Waals surface area contributed by atoms with Crippen LogP contribution in [0.25, 0.3) is 16.7 Å². The first-order valence-corrected chi connectivity index (χ1v) is 12.8. The van der Waals surface area contributed by atoms with Gasteiger partial charge in [-0.3, -0.25) is 19.1 Å². The molecule has 0 saturated heterocycles. The van der Waals surface area contributed by atoms with E-state index < -0.39 is 23.1 Å². The van der Waals surface area contributed by atoms with Crippen LogP contribution in [0.1, 0.15) is 21.6 Å². The second-order valence-electron chi connectivity index (χ2n) is 9.09. The zero-order valence-electron chi connectivity index (χ0n) is 22.8. The number of nitrogens with one attached hydrogen (secondary N) is 1. The van der Waals surface area contributed by atoms with Gasteiger partial charge in [0, 0.05) is 41.5 Å². The highest BCUT2D eigenvalue weighted by atomic mass is 35.5. The summed E-state index contributed by atoms with van der Waals surface area (Å²) in [7, 11) is 2.90. The molecule has 0 unspecified atom stereocenters. The summed E-state index contributed by atoms with van der Waals surface area (Å²) in [6, 6.07) is 12.1. The SMILES string of the molecule is COc1cc2nccc(Oc3ccc(NC(=O)c4c(C)c(Cl)c(C)n(-c5ccc(F)cc5)c4=O)cc3F)c2nc1OC. The van der Waals surface area contributed by atoms with Gasteiger partial charge in [-0.05, 0) is 55.8 Å². The van der Waals surface area contributed by atoms with Gasteiger partial charge in [0.2, 0.25) is 0 Å². The fourth-order valence-electron chi connectivity index (χ4n) is 4.43. The maximum atomic E-state index is 15.2. The van der Waals surface area contributed by atoms with E-state index in [0.717, 1.165) is 6.07 Å². The lowest BCUT2D eigenvalue weighted by Gasteiger charge is -2.17. The fraction of sp³-hybridized carbons (Fsp3) is 0.133. The molecule has 1 N–H and O–H groups in total. The van der Waals surface area contributed by atoms with Gasteiger partial charge in [-0.2, -0.15) is 0 Å². The second kappa shape index (κ2) is 11.5. The molecule has 214 valence electrons. The van der Waals surface area contributed by atoms with E-state index in [1.165, 1.54) is 74.4 Å². The average molecular weight is 593 g/mol. The van der Waals surface area contributed by atoms with Crippen molar-refractivity contribution in [3.8, 4) is 28.8 Å². The van der Waals surface area contributed by atoms with E-state index in [2.05, 4.69) is 15.3 Å². The quantitative estimate of drug-likeness (QED) is 0.233. The van der Waals surface area contributed by atoms with Crippen LogP contribution in [0.15, 0.2) is 65.6 Å². The number of aromatic nitrogens is 3. The monoisotopic (exact) mass is 592 g/mol. The summed E-state index contributed by atoms with van der Waals surface area (Å²) in [6.07, 6.45) is 1.48. The minimum Gasteiger partial charge on any atom is -0.491 e. The van der Waals surface area contributed by atoms with Gasteiger partial charge >= 0.3 is 0 Å². The molecule has 0 atom stereocenters. The topological polar surface area (TPSA) is 105 Å². The molecule has 1 amide bonds. The molecule has 0 radical (unpaired) electrons. The van der Waals surface area contributed by atoms with E-state index in [4.69, 9.17) is 25.8 Å². The number of rotatable bonds is 7. The van der Waals surface area contributed by atoms with Gasteiger partial charge in [0.05, 0.1) is 24.8 Å². The molecule has 42 heavy (non-hydrogen) atoms. The van der Waals surface area contributed by atoms with Crippen LogP contribution in [0.5, 0.6) is 23.1 Å². The molecule has 5 rings (SSSR count). The highest BCUT2D eigenvalue weighted by molar-refractivity contribution is 6.32. The Morgan fingerprint density at radius 1 is 0.952 bits per heavy atom. The zero-order valence-corrected chi connectivity index (χ0v) is 23.5. The van der Waals surface area contributed by atoms with Crippen LogP contribution in [-0.4, -0.2) is 34.7 Å². The van der Waals surface area contributed by atoms with E-state index in [1.807, 2.05) is 0 Å². The van der Waals surface area contributed by atoms with Gasteiger partial charge < -0.3 is 19.5 Å². The third-order valence-electron chi connectivity index (χ3n) is 6.52. The number of halogens is 3. The number of anilines is 1. The van der Waals surface area contributed by atoms with Crippen LogP contribution in [0.2, 0.25) is 5.02 Å². The number of benzene rings is 2. The van der Waals surface area contributed by atoms with Crippen molar-refractivity contribution in [1.82, 2.24) is 14.5 Å². The number of amides is 1. The van der Waals surface area contributed by atoms with Crippen molar-refractivity contribution in [2.24, 2.45) is 0 Å². The predicted octanol–water partition coefficient (Wildman–Crippen LogP) is 6.39. The summed E-state index contributed by atoms with van der Waals surface area (Å²) in [6.45, 7) is 3.15. The Bertz CT molecular complexity index is 1910. The summed E-state index contributed by atoms with van der Waals surface area (Å²) in [5.74, 6) is -1.44. The molecule has 12 heteroatoms. The van der Waals surface area contributed by atoms with Crippen molar-refractivity contribution in [1.29, 1.82) is 0 Å². The van der Waals surface area contributed by atoms with Crippen molar-refractivity contribution in [2.75, 3.05) is 19.5 Å². The number of fused-ring (bicyclic) bond motifs is 1. The maximum Gasteiger partial charge on any atom is 0.268 e. The number of hydrogen-bond donors (Lipinski definition) is 1.